The first-order chi connectivity index (χ1) is 15.9. The van der Waals surface area contributed by atoms with Gasteiger partial charge in [-0.15, -0.1) is 0 Å². The molecule has 2 aliphatic heterocycles. The molecule has 2 aromatic carbocycles. The summed E-state index contributed by atoms with van der Waals surface area (Å²) in [5.41, 5.74) is 2.17. The van der Waals surface area contributed by atoms with Gasteiger partial charge in [-0.2, -0.15) is 4.31 Å². The van der Waals surface area contributed by atoms with E-state index < -0.39 is 20.7 Å². The molecule has 2 saturated heterocycles. The maximum absolute atomic E-state index is 14.3. The minimum atomic E-state index is -3.98. The SMILES string of the molecule is O=C(CNc1ccc(F)c(S(=O)(=O)N2CCOCC2)c1)Nc1ccc(N2CCCCC2)cc1. The normalized spacial score (nSPS) is 17.5. The maximum atomic E-state index is 14.3. The topological polar surface area (TPSA) is 91.0 Å². The van der Waals surface area contributed by atoms with Gasteiger partial charge in [-0.05, 0) is 61.7 Å². The molecular weight excluding hydrogens is 447 g/mol. The number of morpholine rings is 1. The quantitative estimate of drug-likeness (QED) is 0.639. The van der Waals surface area contributed by atoms with Crippen molar-refractivity contribution >= 4 is 33.0 Å². The number of hydrogen-bond donors (Lipinski definition) is 2. The second kappa shape index (κ2) is 10.5. The van der Waals surface area contributed by atoms with Gasteiger partial charge < -0.3 is 20.3 Å². The Hall–Kier alpha value is -2.69. The second-order valence-corrected chi connectivity index (χ2v) is 10.1. The molecule has 0 spiro atoms. The van der Waals surface area contributed by atoms with Crippen LogP contribution in [-0.2, 0) is 19.6 Å². The molecule has 2 fully saturated rings. The van der Waals surface area contributed by atoms with Crippen LogP contribution < -0.4 is 15.5 Å². The van der Waals surface area contributed by atoms with E-state index in [1.165, 1.54) is 35.7 Å². The lowest BCUT2D eigenvalue weighted by Gasteiger charge is -2.28. The highest BCUT2D eigenvalue weighted by molar-refractivity contribution is 7.89. The largest absolute Gasteiger partial charge is 0.379 e. The van der Waals surface area contributed by atoms with E-state index in [1.54, 1.807) is 0 Å². The summed E-state index contributed by atoms with van der Waals surface area (Å²) in [6, 6.07) is 11.5. The van der Waals surface area contributed by atoms with Gasteiger partial charge in [0, 0.05) is 43.2 Å². The van der Waals surface area contributed by atoms with E-state index in [2.05, 4.69) is 15.5 Å². The number of ether oxygens (including phenoxy) is 1. The number of hydrogen-bond acceptors (Lipinski definition) is 6. The van der Waals surface area contributed by atoms with Crippen LogP contribution >= 0.6 is 0 Å². The van der Waals surface area contributed by atoms with Crippen LogP contribution in [0.4, 0.5) is 21.5 Å². The van der Waals surface area contributed by atoms with Crippen LogP contribution in [-0.4, -0.2) is 64.6 Å². The molecule has 2 heterocycles. The highest BCUT2D eigenvalue weighted by Gasteiger charge is 2.29. The first-order valence-electron chi connectivity index (χ1n) is 11.2. The zero-order chi connectivity index (χ0) is 23.3. The van der Waals surface area contributed by atoms with Crippen molar-refractivity contribution in [3.05, 3.63) is 48.3 Å². The van der Waals surface area contributed by atoms with Crippen LogP contribution in [0.2, 0.25) is 0 Å². The van der Waals surface area contributed by atoms with Crippen molar-refractivity contribution in [1.82, 2.24) is 4.31 Å². The molecule has 0 unspecified atom stereocenters. The molecule has 0 saturated carbocycles. The Balaban J connectivity index is 1.35. The third-order valence-electron chi connectivity index (χ3n) is 5.84. The summed E-state index contributed by atoms with van der Waals surface area (Å²) >= 11 is 0. The smallest absolute Gasteiger partial charge is 0.246 e. The van der Waals surface area contributed by atoms with E-state index in [-0.39, 0.29) is 38.8 Å². The van der Waals surface area contributed by atoms with E-state index in [1.807, 2.05) is 24.3 Å². The summed E-state index contributed by atoms with van der Waals surface area (Å²) in [6.45, 7) is 2.93. The minimum absolute atomic E-state index is 0.0868. The number of carbonyl (C=O) groups is 1. The van der Waals surface area contributed by atoms with Gasteiger partial charge in [-0.1, -0.05) is 0 Å². The number of anilines is 3. The molecule has 0 aliphatic carbocycles. The van der Waals surface area contributed by atoms with Gasteiger partial charge in [0.05, 0.1) is 19.8 Å². The van der Waals surface area contributed by atoms with Gasteiger partial charge in [-0.3, -0.25) is 4.79 Å². The lowest BCUT2D eigenvalue weighted by atomic mass is 10.1. The van der Waals surface area contributed by atoms with E-state index >= 15 is 0 Å². The molecule has 0 radical (unpaired) electrons. The summed E-state index contributed by atoms with van der Waals surface area (Å²) < 4.78 is 46.3. The summed E-state index contributed by atoms with van der Waals surface area (Å²) in [4.78, 5) is 14.3. The van der Waals surface area contributed by atoms with E-state index in [9.17, 15) is 17.6 Å². The fourth-order valence-electron chi connectivity index (χ4n) is 4.03. The lowest BCUT2D eigenvalue weighted by molar-refractivity contribution is -0.114. The number of benzene rings is 2. The van der Waals surface area contributed by atoms with Crippen molar-refractivity contribution in [1.29, 1.82) is 0 Å². The molecule has 2 aliphatic rings. The molecule has 0 atom stereocenters. The summed E-state index contributed by atoms with van der Waals surface area (Å²) in [5, 5.41) is 5.69. The first kappa shape index (κ1) is 23.5. The fourth-order valence-corrected chi connectivity index (χ4v) is 5.53. The van der Waals surface area contributed by atoms with Crippen LogP contribution in [0.1, 0.15) is 19.3 Å². The number of carbonyl (C=O) groups excluding carboxylic acids is 1. The van der Waals surface area contributed by atoms with Crippen molar-refractivity contribution in [2.45, 2.75) is 24.2 Å². The van der Waals surface area contributed by atoms with Crippen LogP contribution in [0.15, 0.2) is 47.4 Å². The standard InChI is InChI=1S/C23H29FN4O4S/c24-21-9-6-19(16-22(21)33(30,31)28-12-14-32-15-13-28)25-17-23(29)26-18-4-7-20(8-5-18)27-10-2-1-3-11-27/h4-9,16,25H,1-3,10-15,17H2,(H,26,29). The van der Waals surface area contributed by atoms with Crippen molar-refractivity contribution in [3.63, 3.8) is 0 Å². The Morgan fingerprint density at radius 2 is 1.61 bits per heavy atom. The number of amides is 1. The van der Waals surface area contributed by atoms with Gasteiger partial charge >= 0.3 is 0 Å². The van der Waals surface area contributed by atoms with Gasteiger partial charge in [0.2, 0.25) is 15.9 Å². The Kier molecular flexibility index (Phi) is 7.46. The monoisotopic (exact) mass is 476 g/mol. The Bertz CT molecular complexity index is 1070. The third kappa shape index (κ3) is 5.82. The van der Waals surface area contributed by atoms with Crippen LogP contribution in [0, 0.1) is 5.82 Å². The van der Waals surface area contributed by atoms with Crippen LogP contribution in [0.3, 0.4) is 0 Å². The zero-order valence-electron chi connectivity index (χ0n) is 18.4. The lowest BCUT2D eigenvalue weighted by Crippen LogP contribution is -2.40. The van der Waals surface area contributed by atoms with Crippen molar-refractivity contribution in [2.24, 2.45) is 0 Å². The first-order valence-corrected chi connectivity index (χ1v) is 12.6. The maximum Gasteiger partial charge on any atom is 0.246 e. The predicted molar refractivity (Wildman–Crippen MR) is 126 cm³/mol. The minimum Gasteiger partial charge on any atom is -0.379 e. The predicted octanol–water partition coefficient (Wildman–Crippen LogP) is 2.89. The molecule has 1 amide bonds. The molecule has 178 valence electrons. The Morgan fingerprint density at radius 1 is 0.939 bits per heavy atom. The van der Waals surface area contributed by atoms with Gasteiger partial charge in [0.1, 0.15) is 10.7 Å². The number of nitrogens with one attached hydrogen (secondary N) is 2. The number of nitrogens with zero attached hydrogens (tertiary/aromatic N) is 2. The van der Waals surface area contributed by atoms with Gasteiger partial charge in [-0.25, -0.2) is 12.8 Å². The third-order valence-corrected chi connectivity index (χ3v) is 7.76. The Morgan fingerprint density at radius 3 is 2.30 bits per heavy atom. The van der Waals surface area contributed by atoms with Gasteiger partial charge in [0.25, 0.3) is 0 Å². The summed E-state index contributed by atoms with van der Waals surface area (Å²) in [6.07, 6.45) is 3.67. The van der Waals surface area contributed by atoms with Gasteiger partial charge in [0.15, 0.2) is 0 Å². The number of piperidine rings is 1. The van der Waals surface area contributed by atoms with Crippen molar-refractivity contribution in [2.75, 3.05) is 61.5 Å². The molecular formula is C23H29FN4O4S. The molecule has 0 bridgehead atoms. The average Bonchev–Trinajstić information content (AvgIpc) is 2.85. The van der Waals surface area contributed by atoms with E-state index in [0.717, 1.165) is 24.8 Å². The number of sulfonamides is 1. The zero-order valence-corrected chi connectivity index (χ0v) is 19.2. The highest BCUT2D eigenvalue weighted by Crippen LogP contribution is 2.24. The van der Waals surface area contributed by atoms with E-state index in [4.69, 9.17) is 4.74 Å². The van der Waals surface area contributed by atoms with Crippen LogP contribution in [0.25, 0.3) is 0 Å². The summed E-state index contributed by atoms with van der Waals surface area (Å²) in [5.74, 6) is -1.12. The molecule has 10 heteroatoms. The average molecular weight is 477 g/mol. The summed E-state index contributed by atoms with van der Waals surface area (Å²) in [7, 11) is -3.98. The second-order valence-electron chi connectivity index (χ2n) is 8.16. The van der Waals surface area contributed by atoms with Crippen molar-refractivity contribution < 1.29 is 22.3 Å². The number of halogens is 1. The molecule has 2 N–H and O–H groups in total. The molecule has 8 nitrogen and oxygen atoms in total. The molecule has 0 aromatic heterocycles. The fraction of sp³-hybridized carbons (Fsp3) is 0.435. The molecule has 33 heavy (non-hydrogen) atoms. The van der Waals surface area contributed by atoms with Crippen LogP contribution in [0.5, 0.6) is 0 Å². The Labute approximate surface area is 193 Å². The highest BCUT2D eigenvalue weighted by atomic mass is 32.2. The van der Waals surface area contributed by atoms with E-state index in [0.29, 0.717) is 11.4 Å². The van der Waals surface area contributed by atoms with Crippen molar-refractivity contribution in [3.8, 4) is 0 Å². The molecule has 4 rings (SSSR count). The molecule has 2 aromatic rings. The number of rotatable bonds is 7.